The van der Waals surface area contributed by atoms with E-state index in [1.165, 1.54) is 5.56 Å². The molecule has 2 N–H and O–H groups in total. The molecule has 0 amide bonds. The zero-order chi connectivity index (χ0) is 14.5. The van der Waals surface area contributed by atoms with E-state index < -0.39 is 0 Å². The third-order valence-electron chi connectivity index (χ3n) is 2.45. The van der Waals surface area contributed by atoms with Crippen LogP contribution in [0.2, 0.25) is 0 Å². The van der Waals surface area contributed by atoms with Gasteiger partial charge in [-0.2, -0.15) is 0 Å². The zero-order valence-corrected chi connectivity index (χ0v) is 15.5. The van der Waals surface area contributed by atoms with Gasteiger partial charge < -0.3 is 15.5 Å². The van der Waals surface area contributed by atoms with E-state index in [4.69, 9.17) is 0 Å². The quantitative estimate of drug-likeness (QED) is 0.472. The number of hydrogen-bond acceptors (Lipinski definition) is 3. The lowest BCUT2D eigenvalue weighted by Gasteiger charge is -2.23. The molecule has 0 aliphatic rings. The summed E-state index contributed by atoms with van der Waals surface area (Å²) in [6.45, 7) is 7.04. The van der Waals surface area contributed by atoms with Gasteiger partial charge in [-0.3, -0.25) is 4.99 Å². The molecule has 0 fully saturated rings. The summed E-state index contributed by atoms with van der Waals surface area (Å²) < 4.78 is 0. The van der Waals surface area contributed by atoms with Crippen LogP contribution < -0.4 is 15.5 Å². The van der Waals surface area contributed by atoms with Gasteiger partial charge in [0.2, 0.25) is 0 Å². The van der Waals surface area contributed by atoms with Crippen LogP contribution in [0.1, 0.15) is 26.3 Å². The Morgan fingerprint density at radius 2 is 2.00 bits per heavy atom. The van der Waals surface area contributed by atoms with Crippen LogP contribution in [-0.2, 0) is 6.54 Å². The second kappa shape index (κ2) is 8.28. The van der Waals surface area contributed by atoms with Gasteiger partial charge in [-0.15, -0.1) is 24.0 Å². The number of nitrogens with one attached hydrogen (secondary N) is 2. The molecule has 1 aromatic heterocycles. The topological polar surface area (TPSA) is 52.6 Å². The average molecular weight is 391 g/mol. The van der Waals surface area contributed by atoms with E-state index in [2.05, 4.69) is 47.4 Å². The van der Waals surface area contributed by atoms with Crippen LogP contribution in [0.15, 0.2) is 23.3 Å². The van der Waals surface area contributed by atoms with Gasteiger partial charge in [-0.1, -0.05) is 0 Å². The normalized spacial score (nSPS) is 11.6. The number of nitrogens with zero attached hydrogens (tertiary/aromatic N) is 3. The van der Waals surface area contributed by atoms with Crippen LogP contribution in [0.5, 0.6) is 0 Å². The molecule has 1 aromatic rings. The van der Waals surface area contributed by atoms with Gasteiger partial charge in [0.15, 0.2) is 5.96 Å². The highest BCUT2D eigenvalue weighted by Gasteiger charge is 2.11. The highest BCUT2D eigenvalue weighted by molar-refractivity contribution is 14.0. The summed E-state index contributed by atoms with van der Waals surface area (Å²) in [4.78, 5) is 10.5. The predicted octanol–water partition coefficient (Wildman–Crippen LogP) is 2.23. The molecule has 0 aliphatic carbocycles. The van der Waals surface area contributed by atoms with Crippen molar-refractivity contribution in [2.45, 2.75) is 32.9 Å². The Labute approximate surface area is 139 Å². The maximum Gasteiger partial charge on any atom is 0.191 e. The number of hydrogen-bond donors (Lipinski definition) is 2. The third kappa shape index (κ3) is 6.93. The van der Waals surface area contributed by atoms with Gasteiger partial charge in [0.25, 0.3) is 0 Å². The monoisotopic (exact) mass is 391 g/mol. The van der Waals surface area contributed by atoms with Crippen LogP contribution >= 0.6 is 24.0 Å². The first-order valence-corrected chi connectivity index (χ1v) is 6.43. The molecule has 0 spiro atoms. The van der Waals surface area contributed by atoms with Crippen molar-refractivity contribution in [3.63, 3.8) is 0 Å². The molecule has 114 valence electrons. The fourth-order valence-electron chi connectivity index (χ4n) is 1.54. The number of anilines is 1. The highest BCUT2D eigenvalue weighted by Crippen LogP contribution is 2.09. The molecule has 0 aliphatic heterocycles. The van der Waals surface area contributed by atoms with Crippen molar-refractivity contribution < 1.29 is 0 Å². The maximum absolute atomic E-state index is 4.30. The smallest absolute Gasteiger partial charge is 0.191 e. The molecule has 0 aromatic carbocycles. The molecule has 1 heterocycles. The van der Waals surface area contributed by atoms with E-state index in [9.17, 15) is 0 Å². The minimum atomic E-state index is -0.00508. The van der Waals surface area contributed by atoms with E-state index in [-0.39, 0.29) is 29.5 Å². The highest BCUT2D eigenvalue weighted by atomic mass is 127. The predicted molar refractivity (Wildman–Crippen MR) is 97.1 cm³/mol. The van der Waals surface area contributed by atoms with Crippen LogP contribution in [0, 0.1) is 0 Å². The van der Waals surface area contributed by atoms with Gasteiger partial charge in [-0.25, -0.2) is 4.98 Å². The minimum absolute atomic E-state index is 0. The SMILES string of the molecule is CN=C(NCc1ccnc(N(C)C)c1)NC(C)(C)C.I. The van der Waals surface area contributed by atoms with Crippen molar-refractivity contribution in [2.24, 2.45) is 4.99 Å². The van der Waals surface area contributed by atoms with Crippen LogP contribution in [0.25, 0.3) is 0 Å². The fraction of sp³-hybridized carbons (Fsp3) is 0.571. The van der Waals surface area contributed by atoms with E-state index >= 15 is 0 Å². The summed E-state index contributed by atoms with van der Waals surface area (Å²) in [6, 6.07) is 4.07. The van der Waals surface area contributed by atoms with E-state index in [0.29, 0.717) is 0 Å². The van der Waals surface area contributed by atoms with Gasteiger partial charge >= 0.3 is 0 Å². The van der Waals surface area contributed by atoms with Gasteiger partial charge in [0, 0.05) is 39.4 Å². The van der Waals surface area contributed by atoms with Gasteiger partial charge in [0.05, 0.1) is 0 Å². The van der Waals surface area contributed by atoms with Crippen molar-refractivity contribution in [1.82, 2.24) is 15.6 Å². The van der Waals surface area contributed by atoms with Crippen molar-refractivity contribution in [2.75, 3.05) is 26.0 Å². The molecule has 0 saturated heterocycles. The lowest BCUT2D eigenvalue weighted by molar-refractivity contribution is 0.501. The Kier molecular flexibility index (Phi) is 7.85. The summed E-state index contributed by atoms with van der Waals surface area (Å²) in [5.41, 5.74) is 1.17. The van der Waals surface area contributed by atoms with Crippen molar-refractivity contribution in [3.8, 4) is 0 Å². The van der Waals surface area contributed by atoms with E-state index in [0.717, 1.165) is 18.3 Å². The molecule has 0 radical (unpaired) electrons. The van der Waals surface area contributed by atoms with Crippen LogP contribution in [-0.4, -0.2) is 37.6 Å². The first kappa shape index (κ1) is 18.9. The molecule has 0 unspecified atom stereocenters. The number of aliphatic imine (C=N–C) groups is 1. The summed E-state index contributed by atoms with van der Waals surface area (Å²) in [5.74, 6) is 1.76. The molecule has 5 nitrogen and oxygen atoms in total. The standard InChI is InChI=1S/C14H25N5.HI/c1-14(2,3)18-13(15-4)17-10-11-7-8-16-12(9-11)19(5)6;/h7-9H,10H2,1-6H3,(H2,15,17,18);1H. The van der Waals surface area contributed by atoms with Crippen molar-refractivity contribution in [1.29, 1.82) is 0 Å². The Morgan fingerprint density at radius 3 is 2.50 bits per heavy atom. The summed E-state index contributed by atoms with van der Waals surface area (Å²) in [5, 5.41) is 6.63. The first-order chi connectivity index (χ1) is 8.81. The third-order valence-corrected chi connectivity index (χ3v) is 2.45. The molecule has 0 atom stereocenters. The number of rotatable bonds is 3. The maximum atomic E-state index is 4.30. The lowest BCUT2D eigenvalue weighted by atomic mass is 10.1. The molecule has 0 saturated carbocycles. The Hall–Kier alpha value is -1.05. The first-order valence-electron chi connectivity index (χ1n) is 6.43. The molecule has 20 heavy (non-hydrogen) atoms. The largest absolute Gasteiger partial charge is 0.363 e. The number of halogens is 1. The Bertz CT molecular complexity index is 437. The number of guanidine groups is 1. The van der Waals surface area contributed by atoms with E-state index in [1.807, 2.05) is 31.3 Å². The van der Waals surface area contributed by atoms with Crippen molar-refractivity contribution >= 4 is 35.8 Å². The molecular formula is C14H26IN5. The Morgan fingerprint density at radius 1 is 1.35 bits per heavy atom. The lowest BCUT2D eigenvalue weighted by Crippen LogP contribution is -2.47. The summed E-state index contributed by atoms with van der Waals surface area (Å²) in [6.07, 6.45) is 1.83. The van der Waals surface area contributed by atoms with Gasteiger partial charge in [0.1, 0.15) is 5.82 Å². The zero-order valence-electron chi connectivity index (χ0n) is 13.2. The van der Waals surface area contributed by atoms with Crippen molar-refractivity contribution in [3.05, 3.63) is 23.9 Å². The molecule has 1 rings (SSSR count). The summed E-state index contributed by atoms with van der Waals surface area (Å²) >= 11 is 0. The van der Waals surface area contributed by atoms with Gasteiger partial charge in [-0.05, 0) is 38.5 Å². The average Bonchev–Trinajstić information content (AvgIpc) is 2.33. The number of pyridine rings is 1. The Balaban J connectivity index is 0.00000361. The molecule has 6 heteroatoms. The second-order valence-corrected chi connectivity index (χ2v) is 5.72. The summed E-state index contributed by atoms with van der Waals surface area (Å²) in [7, 11) is 5.75. The van der Waals surface area contributed by atoms with E-state index in [1.54, 1.807) is 7.05 Å². The fourth-order valence-corrected chi connectivity index (χ4v) is 1.54. The number of aromatic nitrogens is 1. The minimum Gasteiger partial charge on any atom is -0.363 e. The van der Waals surface area contributed by atoms with Crippen LogP contribution in [0.4, 0.5) is 5.82 Å². The molecular weight excluding hydrogens is 365 g/mol. The molecule has 0 bridgehead atoms. The van der Waals surface area contributed by atoms with Crippen LogP contribution in [0.3, 0.4) is 0 Å². The second-order valence-electron chi connectivity index (χ2n) is 5.72.